The van der Waals surface area contributed by atoms with Crippen molar-refractivity contribution in [3.8, 4) is 0 Å². The Morgan fingerprint density at radius 2 is 1.86 bits per heavy atom. The monoisotopic (exact) mass is 389 g/mol. The van der Waals surface area contributed by atoms with Crippen LogP contribution in [0.2, 0.25) is 0 Å². The van der Waals surface area contributed by atoms with Crippen molar-refractivity contribution in [2.75, 3.05) is 5.43 Å². The maximum Gasteiger partial charge on any atom is 0.283 e. The normalized spacial score (nSPS) is 11.2. The number of carbonyl (C=O) groups excluding carboxylic acids is 1. The summed E-state index contributed by atoms with van der Waals surface area (Å²) in [5.74, 6) is -3.08. The highest BCUT2D eigenvalue weighted by molar-refractivity contribution is 5.86. The first-order chi connectivity index (χ1) is 13.3. The fourth-order valence-corrected chi connectivity index (χ4v) is 2.85. The molecule has 2 aromatic carbocycles. The van der Waals surface area contributed by atoms with Crippen LogP contribution in [0.3, 0.4) is 0 Å². The lowest BCUT2D eigenvalue weighted by atomic mass is 10.1. The molecule has 28 heavy (non-hydrogen) atoms. The van der Waals surface area contributed by atoms with Gasteiger partial charge >= 0.3 is 0 Å². The van der Waals surface area contributed by atoms with Gasteiger partial charge in [-0.15, -0.1) is 0 Å². The van der Waals surface area contributed by atoms with Crippen LogP contribution in [0.5, 0.6) is 0 Å². The van der Waals surface area contributed by atoms with E-state index in [-0.39, 0.29) is 34.6 Å². The molecule has 8 heteroatoms. The Labute approximate surface area is 158 Å². The number of benzene rings is 2. The lowest BCUT2D eigenvalue weighted by molar-refractivity contribution is -0.116. The number of nitrogens with zero attached hydrogens (tertiary/aromatic N) is 2. The molecule has 5 nitrogen and oxygen atoms in total. The highest BCUT2D eigenvalue weighted by Gasteiger charge is 2.17. The highest BCUT2D eigenvalue weighted by atomic mass is 19.2. The van der Waals surface area contributed by atoms with Crippen molar-refractivity contribution >= 4 is 16.8 Å². The second-order valence-electron chi connectivity index (χ2n) is 6.86. The number of amides is 1. The number of hydrogen-bond acceptors (Lipinski definition) is 3. The quantitative estimate of drug-likeness (QED) is 0.728. The largest absolute Gasteiger partial charge is 0.283 e. The van der Waals surface area contributed by atoms with Gasteiger partial charge in [-0.2, -0.15) is 0 Å². The summed E-state index contributed by atoms with van der Waals surface area (Å²) < 4.78 is 41.4. The van der Waals surface area contributed by atoms with E-state index >= 15 is 0 Å². The summed E-state index contributed by atoms with van der Waals surface area (Å²) in [6, 6.07) is 7.22. The lowest BCUT2D eigenvalue weighted by Crippen LogP contribution is -2.37. The zero-order valence-corrected chi connectivity index (χ0v) is 15.3. The second-order valence-corrected chi connectivity index (χ2v) is 6.86. The SMILES string of the molecule is CC(C)Cc1nc2cccc(F)c2c(=O)n1NC(=O)Cc1ccc(F)c(F)c1. The molecule has 1 N–H and O–H groups in total. The predicted octanol–water partition coefficient (Wildman–Crippen LogP) is 3.33. The Balaban J connectivity index is 1.99. The van der Waals surface area contributed by atoms with Gasteiger partial charge in [0.05, 0.1) is 11.9 Å². The number of carbonyl (C=O) groups is 1. The number of fused-ring (bicyclic) bond motifs is 1. The third-order valence-corrected chi connectivity index (χ3v) is 4.09. The molecule has 0 fully saturated rings. The predicted molar refractivity (Wildman–Crippen MR) is 98.9 cm³/mol. The van der Waals surface area contributed by atoms with Crippen LogP contribution in [0.25, 0.3) is 10.9 Å². The second kappa shape index (κ2) is 7.84. The van der Waals surface area contributed by atoms with Gasteiger partial charge in [0.25, 0.3) is 5.56 Å². The lowest BCUT2D eigenvalue weighted by Gasteiger charge is -2.16. The molecule has 0 saturated heterocycles. The first kappa shape index (κ1) is 19.6. The molecular weight excluding hydrogens is 371 g/mol. The minimum absolute atomic E-state index is 0.118. The number of halogens is 3. The first-order valence-corrected chi connectivity index (χ1v) is 8.70. The molecular formula is C20H18F3N3O2. The third-order valence-electron chi connectivity index (χ3n) is 4.09. The van der Waals surface area contributed by atoms with E-state index in [4.69, 9.17) is 0 Å². The van der Waals surface area contributed by atoms with E-state index in [1.165, 1.54) is 18.2 Å². The molecule has 0 aliphatic heterocycles. The fraction of sp³-hybridized carbons (Fsp3) is 0.250. The first-order valence-electron chi connectivity index (χ1n) is 8.70. The van der Waals surface area contributed by atoms with Crippen LogP contribution in [0, 0.1) is 23.4 Å². The zero-order chi connectivity index (χ0) is 20.4. The number of aromatic nitrogens is 2. The topological polar surface area (TPSA) is 64.0 Å². The van der Waals surface area contributed by atoms with Gasteiger partial charge in [0.2, 0.25) is 5.91 Å². The van der Waals surface area contributed by atoms with Crippen LogP contribution >= 0.6 is 0 Å². The summed E-state index contributed by atoms with van der Waals surface area (Å²) in [4.78, 5) is 29.5. The molecule has 0 spiro atoms. The molecule has 0 radical (unpaired) electrons. The van der Waals surface area contributed by atoms with Gasteiger partial charge in [-0.3, -0.25) is 15.0 Å². The van der Waals surface area contributed by atoms with E-state index in [1.807, 2.05) is 13.8 Å². The van der Waals surface area contributed by atoms with E-state index < -0.39 is 28.9 Å². The van der Waals surface area contributed by atoms with Crippen molar-refractivity contribution in [3.63, 3.8) is 0 Å². The highest BCUT2D eigenvalue weighted by Crippen LogP contribution is 2.14. The van der Waals surface area contributed by atoms with Gasteiger partial charge in [-0.25, -0.2) is 22.8 Å². The van der Waals surface area contributed by atoms with E-state index in [2.05, 4.69) is 10.4 Å². The molecule has 0 unspecified atom stereocenters. The van der Waals surface area contributed by atoms with Crippen molar-refractivity contribution in [1.82, 2.24) is 9.66 Å². The molecule has 1 heterocycles. The molecule has 0 aliphatic rings. The Kier molecular flexibility index (Phi) is 5.48. The number of hydrogen-bond donors (Lipinski definition) is 1. The Bertz CT molecular complexity index is 1110. The smallest absolute Gasteiger partial charge is 0.273 e. The van der Waals surface area contributed by atoms with Gasteiger partial charge in [-0.05, 0) is 35.7 Å². The van der Waals surface area contributed by atoms with E-state index in [0.717, 1.165) is 22.9 Å². The molecule has 146 valence electrons. The average molecular weight is 389 g/mol. The van der Waals surface area contributed by atoms with Gasteiger partial charge in [0.15, 0.2) is 11.6 Å². The molecule has 0 atom stereocenters. The zero-order valence-electron chi connectivity index (χ0n) is 15.3. The van der Waals surface area contributed by atoms with Gasteiger partial charge in [-0.1, -0.05) is 26.0 Å². The molecule has 0 aliphatic carbocycles. The summed E-state index contributed by atoms with van der Waals surface area (Å²) in [7, 11) is 0. The van der Waals surface area contributed by atoms with Crippen LogP contribution in [-0.2, 0) is 17.6 Å². The van der Waals surface area contributed by atoms with Crippen LogP contribution in [-0.4, -0.2) is 15.6 Å². The third kappa shape index (κ3) is 4.05. The number of nitrogens with one attached hydrogen (secondary N) is 1. The van der Waals surface area contributed by atoms with E-state index in [9.17, 15) is 22.8 Å². The van der Waals surface area contributed by atoms with Crippen molar-refractivity contribution in [2.24, 2.45) is 5.92 Å². The van der Waals surface area contributed by atoms with E-state index in [1.54, 1.807) is 0 Å². The minimum atomic E-state index is -1.07. The number of rotatable bonds is 5. The standard InChI is InChI=1S/C20H18F3N3O2/c1-11(2)8-17-24-16-5-3-4-14(22)19(16)20(28)26(17)25-18(27)10-12-6-7-13(21)15(23)9-12/h3-7,9,11H,8,10H2,1-2H3,(H,25,27). The van der Waals surface area contributed by atoms with Crippen molar-refractivity contribution in [3.05, 3.63) is 75.6 Å². The fourth-order valence-electron chi connectivity index (χ4n) is 2.85. The summed E-state index contributed by atoms with van der Waals surface area (Å²) in [5, 5.41) is -0.233. The van der Waals surface area contributed by atoms with Gasteiger partial charge < -0.3 is 0 Å². The molecule has 3 rings (SSSR count). The molecule has 1 aromatic heterocycles. The Morgan fingerprint density at radius 3 is 2.54 bits per heavy atom. The summed E-state index contributed by atoms with van der Waals surface area (Å²) in [5.41, 5.74) is 2.10. The van der Waals surface area contributed by atoms with Crippen molar-refractivity contribution < 1.29 is 18.0 Å². The van der Waals surface area contributed by atoms with Crippen molar-refractivity contribution in [2.45, 2.75) is 26.7 Å². The molecule has 0 bridgehead atoms. The van der Waals surface area contributed by atoms with Crippen LogP contribution in [0.1, 0.15) is 25.2 Å². The van der Waals surface area contributed by atoms with Crippen LogP contribution in [0.15, 0.2) is 41.2 Å². The van der Waals surface area contributed by atoms with Gasteiger partial charge in [0, 0.05) is 6.42 Å². The van der Waals surface area contributed by atoms with E-state index in [0.29, 0.717) is 6.42 Å². The maximum atomic E-state index is 14.1. The summed E-state index contributed by atoms with van der Waals surface area (Å²) in [6.45, 7) is 3.82. The van der Waals surface area contributed by atoms with Gasteiger partial charge in [0.1, 0.15) is 17.0 Å². The minimum Gasteiger partial charge on any atom is -0.273 e. The summed E-state index contributed by atoms with van der Waals surface area (Å²) in [6.07, 6.45) is 0.0766. The molecule has 3 aromatic rings. The molecule has 1 amide bonds. The average Bonchev–Trinajstić information content (AvgIpc) is 2.61. The summed E-state index contributed by atoms with van der Waals surface area (Å²) >= 11 is 0. The maximum absolute atomic E-state index is 14.1. The Morgan fingerprint density at radius 1 is 1.11 bits per heavy atom. The van der Waals surface area contributed by atoms with Crippen LogP contribution < -0.4 is 11.0 Å². The van der Waals surface area contributed by atoms with Crippen molar-refractivity contribution in [1.29, 1.82) is 0 Å². The molecule has 0 saturated carbocycles. The van der Waals surface area contributed by atoms with Crippen LogP contribution in [0.4, 0.5) is 13.2 Å². The Hall–Kier alpha value is -3.16.